The average molecular weight is 782 g/mol. The van der Waals surface area contributed by atoms with Gasteiger partial charge in [-0.05, 0) is 64.0 Å². The third-order valence-corrected chi connectivity index (χ3v) is 9.60. The number of carbonyl (C=O) groups excluding carboxylic acids is 1. The Morgan fingerprint density at radius 3 is 2.40 bits per heavy atom. The number of nitrogens with one attached hydrogen (secondary N) is 1. The standard InChI is InChI=1S/C31H27BrCl2N4O9S/c1-44-22-10-11-25(27(15-22)45-2)37(48(42,43)29-7-5-4-6-26(29)38(40)41)17-30(39)36-35-16-19-12-23(32)31(28(13-19)46-3)47-18-20-8-9-21(33)14-24(20)34/h4-16H,17-18H2,1-3H3,(H,36,39)/b35-16-. The second-order valence-corrected chi connectivity index (χ2v) is 13.2. The Balaban J connectivity index is 1.58. The number of anilines is 1. The Bertz CT molecular complexity index is 1980. The van der Waals surface area contributed by atoms with Crippen LogP contribution in [0.4, 0.5) is 11.4 Å². The lowest BCUT2D eigenvalue weighted by molar-refractivity contribution is -0.387. The summed E-state index contributed by atoms with van der Waals surface area (Å²) in [6.45, 7) is -0.694. The van der Waals surface area contributed by atoms with Crippen molar-refractivity contribution in [3.05, 3.63) is 109 Å². The molecule has 0 bridgehead atoms. The van der Waals surface area contributed by atoms with Crippen molar-refractivity contribution in [2.45, 2.75) is 11.5 Å². The van der Waals surface area contributed by atoms with Gasteiger partial charge in [0, 0.05) is 27.7 Å². The van der Waals surface area contributed by atoms with Crippen LogP contribution in [-0.4, -0.2) is 53.3 Å². The third-order valence-electron chi connectivity index (χ3n) is 6.61. The molecule has 0 spiro atoms. The first kappa shape index (κ1) is 36.3. The summed E-state index contributed by atoms with van der Waals surface area (Å²) in [5.74, 6) is 0.242. The lowest BCUT2D eigenvalue weighted by atomic mass is 10.2. The number of ether oxygens (including phenoxy) is 4. The van der Waals surface area contributed by atoms with Crippen molar-refractivity contribution in [1.29, 1.82) is 0 Å². The zero-order chi connectivity index (χ0) is 35.0. The maximum atomic E-state index is 13.9. The van der Waals surface area contributed by atoms with E-state index < -0.39 is 38.0 Å². The number of nitro benzene ring substituents is 1. The molecule has 0 atom stereocenters. The van der Waals surface area contributed by atoms with Crippen molar-refractivity contribution < 1.29 is 37.1 Å². The van der Waals surface area contributed by atoms with E-state index in [4.69, 9.17) is 42.1 Å². The van der Waals surface area contributed by atoms with E-state index in [1.165, 1.54) is 57.9 Å². The molecule has 13 nitrogen and oxygen atoms in total. The van der Waals surface area contributed by atoms with Crippen molar-refractivity contribution in [3.8, 4) is 23.0 Å². The summed E-state index contributed by atoms with van der Waals surface area (Å²) in [4.78, 5) is 23.4. The van der Waals surface area contributed by atoms with Gasteiger partial charge in [-0.15, -0.1) is 0 Å². The van der Waals surface area contributed by atoms with Crippen LogP contribution in [0.5, 0.6) is 23.0 Å². The lowest BCUT2D eigenvalue weighted by Crippen LogP contribution is -2.40. The van der Waals surface area contributed by atoms with Gasteiger partial charge in [-0.3, -0.25) is 19.2 Å². The highest BCUT2D eigenvalue weighted by atomic mass is 79.9. The van der Waals surface area contributed by atoms with Gasteiger partial charge in [-0.1, -0.05) is 41.4 Å². The molecule has 0 heterocycles. The van der Waals surface area contributed by atoms with Crippen LogP contribution in [0.3, 0.4) is 0 Å². The highest BCUT2D eigenvalue weighted by Gasteiger charge is 2.34. The van der Waals surface area contributed by atoms with Gasteiger partial charge < -0.3 is 18.9 Å². The number of methoxy groups -OCH3 is 3. The highest BCUT2D eigenvalue weighted by molar-refractivity contribution is 9.10. The summed E-state index contributed by atoms with van der Waals surface area (Å²) >= 11 is 15.7. The van der Waals surface area contributed by atoms with Gasteiger partial charge in [0.05, 0.1) is 42.6 Å². The van der Waals surface area contributed by atoms with Crippen LogP contribution in [0.1, 0.15) is 11.1 Å². The molecular weight excluding hydrogens is 755 g/mol. The largest absolute Gasteiger partial charge is 0.497 e. The molecule has 4 aromatic rings. The fraction of sp³-hybridized carbons (Fsp3) is 0.161. The molecular formula is C31H27BrCl2N4O9S. The molecule has 0 saturated carbocycles. The maximum absolute atomic E-state index is 13.9. The van der Waals surface area contributed by atoms with Gasteiger partial charge in [-0.25, -0.2) is 13.8 Å². The van der Waals surface area contributed by atoms with E-state index in [2.05, 4.69) is 26.5 Å². The number of nitrogens with zero attached hydrogens (tertiary/aromatic N) is 3. The van der Waals surface area contributed by atoms with Crippen molar-refractivity contribution in [2.75, 3.05) is 32.2 Å². The number of para-hydroxylation sites is 1. The Labute approximate surface area is 294 Å². The van der Waals surface area contributed by atoms with Crippen LogP contribution in [0.25, 0.3) is 0 Å². The van der Waals surface area contributed by atoms with E-state index in [-0.39, 0.29) is 18.0 Å². The summed E-state index contributed by atoms with van der Waals surface area (Å²) in [5.41, 5.74) is 2.74. The molecule has 0 unspecified atom stereocenters. The zero-order valence-corrected chi connectivity index (χ0v) is 29.4. The highest BCUT2D eigenvalue weighted by Crippen LogP contribution is 2.38. The number of nitro groups is 1. The van der Waals surface area contributed by atoms with Gasteiger partial charge >= 0.3 is 0 Å². The fourth-order valence-electron chi connectivity index (χ4n) is 4.32. The van der Waals surface area contributed by atoms with Crippen LogP contribution in [0, 0.1) is 10.1 Å². The first-order valence-corrected chi connectivity index (χ1v) is 16.6. The predicted molar refractivity (Wildman–Crippen MR) is 184 cm³/mol. The number of halogens is 3. The number of sulfonamides is 1. The van der Waals surface area contributed by atoms with E-state index >= 15 is 0 Å². The van der Waals surface area contributed by atoms with Gasteiger partial charge in [0.1, 0.15) is 24.7 Å². The summed E-state index contributed by atoms with van der Waals surface area (Å²) in [5, 5.41) is 16.6. The molecule has 0 radical (unpaired) electrons. The minimum absolute atomic E-state index is 0.0328. The zero-order valence-electron chi connectivity index (χ0n) is 25.5. The Morgan fingerprint density at radius 2 is 1.73 bits per heavy atom. The van der Waals surface area contributed by atoms with Crippen LogP contribution in [0.2, 0.25) is 10.0 Å². The maximum Gasteiger partial charge on any atom is 0.289 e. The number of benzene rings is 4. The van der Waals surface area contributed by atoms with Crippen LogP contribution >= 0.6 is 39.1 Å². The second kappa shape index (κ2) is 16.0. The molecule has 0 fully saturated rings. The molecule has 0 aliphatic rings. The number of rotatable bonds is 14. The molecule has 1 amide bonds. The molecule has 4 aromatic carbocycles. The number of carbonyl (C=O) groups is 1. The summed E-state index contributed by atoms with van der Waals surface area (Å²) in [6, 6.07) is 17.3. The van der Waals surface area contributed by atoms with Gasteiger partial charge in [-0.2, -0.15) is 5.10 Å². The molecule has 0 aliphatic carbocycles. The molecule has 0 aliphatic heterocycles. The van der Waals surface area contributed by atoms with Crippen LogP contribution in [-0.2, 0) is 21.4 Å². The minimum atomic E-state index is -4.70. The van der Waals surface area contributed by atoms with E-state index in [1.807, 2.05) is 0 Å². The number of hydrogen-bond donors (Lipinski definition) is 1. The summed E-state index contributed by atoms with van der Waals surface area (Å²) in [7, 11) is -0.537. The minimum Gasteiger partial charge on any atom is -0.497 e. The predicted octanol–water partition coefficient (Wildman–Crippen LogP) is 6.61. The number of hydrogen-bond acceptors (Lipinski definition) is 10. The van der Waals surface area contributed by atoms with Crippen molar-refractivity contribution in [2.24, 2.45) is 5.10 Å². The first-order valence-electron chi connectivity index (χ1n) is 13.6. The van der Waals surface area contributed by atoms with Gasteiger partial charge in [0.2, 0.25) is 0 Å². The lowest BCUT2D eigenvalue weighted by Gasteiger charge is -2.25. The molecule has 0 aromatic heterocycles. The molecule has 1 N–H and O–H groups in total. The van der Waals surface area contributed by atoms with E-state index in [0.717, 1.165) is 12.1 Å². The Kier molecular flexibility index (Phi) is 12.1. The van der Waals surface area contributed by atoms with Crippen molar-refractivity contribution in [1.82, 2.24) is 5.43 Å². The second-order valence-electron chi connectivity index (χ2n) is 9.63. The van der Waals surface area contributed by atoms with E-state index in [0.29, 0.717) is 47.2 Å². The smallest absolute Gasteiger partial charge is 0.289 e. The van der Waals surface area contributed by atoms with Crippen LogP contribution in [0.15, 0.2) is 87.3 Å². The van der Waals surface area contributed by atoms with Crippen LogP contribution < -0.4 is 28.7 Å². The Hall–Kier alpha value is -4.57. The summed E-state index contributed by atoms with van der Waals surface area (Å²) in [6.07, 6.45) is 1.31. The molecule has 252 valence electrons. The van der Waals surface area contributed by atoms with Crippen molar-refractivity contribution in [3.63, 3.8) is 0 Å². The topological polar surface area (TPSA) is 159 Å². The quantitative estimate of drug-likeness (QED) is 0.0844. The molecule has 48 heavy (non-hydrogen) atoms. The normalized spacial score (nSPS) is 11.2. The van der Waals surface area contributed by atoms with Gasteiger partial charge in [0.25, 0.3) is 21.6 Å². The van der Waals surface area contributed by atoms with E-state index in [9.17, 15) is 23.3 Å². The van der Waals surface area contributed by atoms with Gasteiger partial charge in [0.15, 0.2) is 16.4 Å². The molecule has 17 heteroatoms. The average Bonchev–Trinajstić information content (AvgIpc) is 3.06. The van der Waals surface area contributed by atoms with E-state index in [1.54, 1.807) is 30.3 Å². The Morgan fingerprint density at radius 1 is 1.00 bits per heavy atom. The number of hydrazone groups is 1. The SMILES string of the molecule is COc1ccc(N(CC(=O)N/N=C\c2cc(Br)c(OCc3ccc(Cl)cc3Cl)c(OC)c2)S(=O)(=O)c2ccccc2[N+](=O)[O-])c(OC)c1. The first-order chi connectivity index (χ1) is 22.9. The van der Waals surface area contributed by atoms with Crippen molar-refractivity contribution >= 4 is 72.7 Å². The summed E-state index contributed by atoms with van der Waals surface area (Å²) < 4.78 is 51.0. The fourth-order valence-corrected chi connectivity index (χ4v) is 6.95. The third kappa shape index (κ3) is 8.47. The number of amides is 1. The monoisotopic (exact) mass is 780 g/mol. The molecule has 4 rings (SSSR count). The molecule has 0 saturated heterocycles.